The summed E-state index contributed by atoms with van der Waals surface area (Å²) in [5.74, 6) is 0.227. The van der Waals surface area contributed by atoms with Crippen molar-refractivity contribution < 1.29 is 4.79 Å². The van der Waals surface area contributed by atoms with E-state index in [1.54, 1.807) is 13.3 Å². The molecule has 0 bridgehead atoms. The Morgan fingerprint density at radius 3 is 2.64 bits per heavy atom. The van der Waals surface area contributed by atoms with Gasteiger partial charge in [0.05, 0.1) is 5.69 Å². The van der Waals surface area contributed by atoms with E-state index in [2.05, 4.69) is 39.1 Å². The van der Waals surface area contributed by atoms with Crippen LogP contribution in [0.25, 0.3) is 11.3 Å². The van der Waals surface area contributed by atoms with Gasteiger partial charge in [-0.1, -0.05) is 12.1 Å². The second-order valence-electron chi connectivity index (χ2n) is 8.92. The van der Waals surface area contributed by atoms with Crippen molar-refractivity contribution in [3.8, 4) is 11.3 Å². The van der Waals surface area contributed by atoms with Crippen LogP contribution in [0, 0.1) is 12.3 Å². The maximum absolute atomic E-state index is 11.6. The van der Waals surface area contributed by atoms with Gasteiger partial charge in [0.25, 0.3) is 0 Å². The zero-order valence-electron chi connectivity index (χ0n) is 16.8. The van der Waals surface area contributed by atoms with Crippen LogP contribution in [0.15, 0.2) is 30.6 Å². The smallest absolute Gasteiger partial charge is 0.219 e. The number of nitrogens with zero attached hydrogens (tertiary/aromatic N) is 4. The Morgan fingerprint density at radius 2 is 1.93 bits per heavy atom. The van der Waals surface area contributed by atoms with Crippen LogP contribution in [0.1, 0.15) is 49.0 Å². The lowest BCUT2D eigenvalue weighted by atomic mass is 9.71. The average molecular weight is 377 g/mol. The van der Waals surface area contributed by atoms with Crippen molar-refractivity contribution in [2.24, 2.45) is 5.41 Å². The number of carbonyl (C=O) groups is 1. The zero-order valence-corrected chi connectivity index (χ0v) is 16.8. The summed E-state index contributed by atoms with van der Waals surface area (Å²) in [7, 11) is 0. The van der Waals surface area contributed by atoms with Gasteiger partial charge >= 0.3 is 0 Å². The Balaban J connectivity index is 1.28. The molecule has 5 nitrogen and oxygen atoms in total. The molecular formula is C23H28N4O. The van der Waals surface area contributed by atoms with E-state index in [0.29, 0.717) is 11.5 Å². The van der Waals surface area contributed by atoms with Crippen molar-refractivity contribution >= 4 is 5.91 Å². The summed E-state index contributed by atoms with van der Waals surface area (Å²) >= 11 is 0. The molecule has 2 saturated heterocycles. The molecule has 2 fully saturated rings. The molecule has 5 heteroatoms. The van der Waals surface area contributed by atoms with Gasteiger partial charge in [0, 0.05) is 50.4 Å². The molecule has 1 atom stereocenters. The van der Waals surface area contributed by atoms with Gasteiger partial charge in [-0.05, 0) is 61.3 Å². The van der Waals surface area contributed by atoms with Gasteiger partial charge in [-0.3, -0.25) is 9.69 Å². The molecule has 1 aromatic carbocycles. The highest BCUT2D eigenvalue weighted by Gasteiger charge is 2.48. The first-order valence-corrected chi connectivity index (χ1v) is 10.4. The highest BCUT2D eigenvalue weighted by molar-refractivity contribution is 5.73. The summed E-state index contributed by atoms with van der Waals surface area (Å²) in [5, 5.41) is 0. The van der Waals surface area contributed by atoms with E-state index in [4.69, 9.17) is 0 Å². The van der Waals surface area contributed by atoms with Crippen LogP contribution in [-0.2, 0) is 11.2 Å². The van der Waals surface area contributed by atoms with Crippen molar-refractivity contribution in [3.05, 3.63) is 47.4 Å². The SMILES string of the molecule is CC(=O)N1CCC2(CC1)CN([C@@H]1CCc3cc(-c4cc(C)ncn4)ccc31)C2. The largest absolute Gasteiger partial charge is 0.343 e. The van der Waals surface area contributed by atoms with Crippen LogP contribution in [0.2, 0.25) is 0 Å². The lowest BCUT2D eigenvalue weighted by Gasteiger charge is -2.56. The molecule has 2 aliphatic heterocycles. The Kier molecular flexibility index (Phi) is 4.23. The molecule has 0 saturated carbocycles. The van der Waals surface area contributed by atoms with E-state index in [1.807, 2.05) is 11.8 Å². The molecular weight excluding hydrogens is 348 g/mol. The third-order valence-corrected chi connectivity index (χ3v) is 7.08. The maximum Gasteiger partial charge on any atom is 0.219 e. The molecule has 146 valence electrons. The quantitative estimate of drug-likeness (QED) is 0.806. The molecule has 28 heavy (non-hydrogen) atoms. The number of rotatable bonds is 2. The molecule has 1 spiro atoms. The van der Waals surface area contributed by atoms with Crippen LogP contribution in [0.3, 0.4) is 0 Å². The van der Waals surface area contributed by atoms with E-state index >= 15 is 0 Å². The summed E-state index contributed by atoms with van der Waals surface area (Å²) in [6, 6.07) is 9.49. The molecule has 1 aliphatic carbocycles. The Labute approximate surface area is 166 Å². The van der Waals surface area contributed by atoms with Crippen molar-refractivity contribution in [3.63, 3.8) is 0 Å². The first-order chi connectivity index (χ1) is 13.5. The van der Waals surface area contributed by atoms with Crippen LogP contribution in [-0.4, -0.2) is 51.9 Å². The van der Waals surface area contributed by atoms with Gasteiger partial charge in [-0.2, -0.15) is 0 Å². The lowest BCUT2D eigenvalue weighted by molar-refractivity contribution is -0.135. The van der Waals surface area contributed by atoms with Crippen LogP contribution >= 0.6 is 0 Å². The number of piperidine rings is 1. The molecule has 2 aromatic rings. The van der Waals surface area contributed by atoms with E-state index in [9.17, 15) is 4.79 Å². The van der Waals surface area contributed by atoms with Crippen LogP contribution in [0.4, 0.5) is 0 Å². The number of hydrogen-bond acceptors (Lipinski definition) is 4. The fourth-order valence-corrected chi connectivity index (χ4v) is 5.39. The van der Waals surface area contributed by atoms with Crippen molar-refractivity contribution in [2.75, 3.05) is 26.2 Å². The standard InChI is InChI=1S/C23H28N4O/c1-16-11-21(25-15-24-16)19-3-5-20-18(12-19)4-6-22(20)27-13-23(14-27)7-9-26(10-8-23)17(2)28/h3,5,11-12,15,22H,4,6-10,13-14H2,1-2H3/t22-/m1/s1. The number of hydrogen-bond donors (Lipinski definition) is 0. The zero-order chi connectivity index (χ0) is 19.3. The van der Waals surface area contributed by atoms with Gasteiger partial charge in [0.2, 0.25) is 5.91 Å². The van der Waals surface area contributed by atoms with Crippen molar-refractivity contribution in [1.82, 2.24) is 19.8 Å². The predicted octanol–water partition coefficient (Wildman–Crippen LogP) is 3.38. The second kappa shape index (κ2) is 6.66. The third-order valence-electron chi connectivity index (χ3n) is 7.08. The molecule has 1 amide bonds. The molecule has 3 aliphatic rings. The molecule has 0 radical (unpaired) electrons. The number of carbonyl (C=O) groups excluding carboxylic acids is 1. The highest BCUT2D eigenvalue weighted by Crippen LogP contribution is 2.48. The van der Waals surface area contributed by atoms with E-state index in [1.165, 1.54) is 36.2 Å². The average Bonchev–Trinajstić information content (AvgIpc) is 3.09. The summed E-state index contributed by atoms with van der Waals surface area (Å²) < 4.78 is 0. The first kappa shape index (κ1) is 17.8. The normalized spacial score (nSPS) is 23.5. The summed E-state index contributed by atoms with van der Waals surface area (Å²) in [4.78, 5) is 24.9. The highest BCUT2D eigenvalue weighted by atomic mass is 16.2. The Morgan fingerprint density at radius 1 is 1.14 bits per heavy atom. The predicted molar refractivity (Wildman–Crippen MR) is 109 cm³/mol. The number of benzene rings is 1. The van der Waals surface area contributed by atoms with Crippen LogP contribution < -0.4 is 0 Å². The number of fused-ring (bicyclic) bond motifs is 1. The van der Waals surface area contributed by atoms with Crippen molar-refractivity contribution in [1.29, 1.82) is 0 Å². The minimum atomic E-state index is 0.227. The fraction of sp³-hybridized carbons (Fsp3) is 0.522. The van der Waals surface area contributed by atoms with Crippen LogP contribution in [0.5, 0.6) is 0 Å². The second-order valence-corrected chi connectivity index (χ2v) is 8.92. The Bertz CT molecular complexity index is 909. The minimum Gasteiger partial charge on any atom is -0.343 e. The number of aryl methyl sites for hydroxylation is 2. The molecule has 5 rings (SSSR count). The van der Waals surface area contributed by atoms with Gasteiger partial charge in [-0.25, -0.2) is 9.97 Å². The maximum atomic E-state index is 11.6. The molecule has 3 heterocycles. The van der Waals surface area contributed by atoms with E-state index < -0.39 is 0 Å². The molecule has 0 N–H and O–H groups in total. The number of likely N-dealkylation sites (tertiary alicyclic amines) is 2. The molecule has 1 aromatic heterocycles. The topological polar surface area (TPSA) is 49.3 Å². The van der Waals surface area contributed by atoms with E-state index in [0.717, 1.165) is 43.7 Å². The summed E-state index contributed by atoms with van der Waals surface area (Å²) in [5.41, 5.74) is 6.65. The third kappa shape index (κ3) is 3.02. The minimum absolute atomic E-state index is 0.227. The van der Waals surface area contributed by atoms with Gasteiger partial charge in [-0.15, -0.1) is 0 Å². The number of aromatic nitrogens is 2. The van der Waals surface area contributed by atoms with Gasteiger partial charge in [0.1, 0.15) is 6.33 Å². The number of amides is 1. The van der Waals surface area contributed by atoms with Gasteiger partial charge in [0.15, 0.2) is 0 Å². The summed E-state index contributed by atoms with van der Waals surface area (Å²) in [6.07, 6.45) is 6.34. The monoisotopic (exact) mass is 376 g/mol. The lowest BCUT2D eigenvalue weighted by Crippen LogP contribution is -2.61. The Hall–Kier alpha value is -2.27. The fourth-order valence-electron chi connectivity index (χ4n) is 5.39. The van der Waals surface area contributed by atoms with Gasteiger partial charge < -0.3 is 4.90 Å². The molecule has 0 unspecified atom stereocenters. The summed E-state index contributed by atoms with van der Waals surface area (Å²) in [6.45, 7) is 7.95. The van der Waals surface area contributed by atoms with E-state index in [-0.39, 0.29) is 5.91 Å². The van der Waals surface area contributed by atoms with Crippen molar-refractivity contribution in [2.45, 2.75) is 45.6 Å². The first-order valence-electron chi connectivity index (χ1n) is 10.4.